The van der Waals surface area contributed by atoms with Crippen molar-refractivity contribution in [2.75, 3.05) is 0 Å². The number of nitrogens with one attached hydrogen (secondary N) is 1. The van der Waals surface area contributed by atoms with Gasteiger partial charge in [0, 0.05) is 5.56 Å². The highest BCUT2D eigenvalue weighted by atomic mass is 19.4. The zero-order valence-corrected chi connectivity index (χ0v) is 11.2. The quantitative estimate of drug-likeness (QED) is 0.665. The molecule has 1 atom stereocenters. The molecule has 7 heteroatoms. The Labute approximate surface area is 118 Å². The van der Waals surface area contributed by atoms with Crippen molar-refractivity contribution in [3.05, 3.63) is 34.9 Å². The average Bonchev–Trinajstić information content (AvgIpc) is 2.34. The van der Waals surface area contributed by atoms with E-state index in [0.717, 1.165) is 0 Å². The highest BCUT2D eigenvalue weighted by molar-refractivity contribution is 5.48. The molecule has 1 aromatic rings. The summed E-state index contributed by atoms with van der Waals surface area (Å²) in [5.41, 5.74) is -1.89. The van der Waals surface area contributed by atoms with Crippen molar-refractivity contribution >= 4 is 6.41 Å². The fourth-order valence-corrected chi connectivity index (χ4v) is 2.81. The first kappa shape index (κ1) is 15.7. The number of hydrogen-bond donors (Lipinski definition) is 1. The van der Waals surface area contributed by atoms with Crippen LogP contribution in [0, 0.1) is 23.5 Å². The minimum Gasteiger partial charge on any atom is -0.351 e. The molecule has 0 heterocycles. The zero-order valence-electron chi connectivity index (χ0n) is 11.2. The zero-order chi connectivity index (χ0) is 15.8. The lowest BCUT2D eigenvalue weighted by atomic mass is 9.70. The normalized spacial score (nSPS) is 23.3. The molecule has 1 saturated carbocycles. The van der Waals surface area contributed by atoms with Gasteiger partial charge in [0.25, 0.3) is 0 Å². The van der Waals surface area contributed by atoms with E-state index in [9.17, 15) is 26.7 Å². The molecule has 116 valence electrons. The van der Waals surface area contributed by atoms with E-state index < -0.39 is 29.4 Å². The smallest absolute Gasteiger partial charge is 0.351 e. The van der Waals surface area contributed by atoms with Gasteiger partial charge in [-0.25, -0.2) is 8.78 Å². The number of halogens is 5. The number of carbonyl (C=O) groups is 1. The lowest BCUT2D eigenvalue weighted by Gasteiger charge is -2.38. The maximum atomic E-state index is 13.9. The molecule has 0 bridgehead atoms. The van der Waals surface area contributed by atoms with Gasteiger partial charge in [-0.1, -0.05) is 6.92 Å². The second kappa shape index (κ2) is 5.61. The van der Waals surface area contributed by atoms with E-state index in [1.54, 1.807) is 0 Å². The molecule has 2 rings (SSSR count). The van der Waals surface area contributed by atoms with Crippen LogP contribution in [-0.2, 0) is 11.0 Å². The lowest BCUT2D eigenvalue weighted by Crippen LogP contribution is -2.36. The van der Waals surface area contributed by atoms with Crippen molar-refractivity contribution in [2.24, 2.45) is 11.8 Å². The van der Waals surface area contributed by atoms with Crippen LogP contribution in [0.2, 0.25) is 0 Å². The van der Waals surface area contributed by atoms with Crippen LogP contribution in [0.15, 0.2) is 12.1 Å². The molecule has 0 spiro atoms. The van der Waals surface area contributed by atoms with Crippen LogP contribution in [0.5, 0.6) is 0 Å². The third kappa shape index (κ3) is 3.16. The molecule has 0 aliphatic heterocycles. The summed E-state index contributed by atoms with van der Waals surface area (Å²) in [4.78, 5) is 10.6. The fraction of sp³-hybridized carbons (Fsp3) is 0.500. The maximum absolute atomic E-state index is 13.9. The van der Waals surface area contributed by atoms with E-state index in [0.29, 0.717) is 31.2 Å². The molecule has 21 heavy (non-hydrogen) atoms. The minimum absolute atomic E-state index is 0.101. The first-order chi connectivity index (χ1) is 9.74. The predicted molar refractivity (Wildman–Crippen MR) is 65.2 cm³/mol. The van der Waals surface area contributed by atoms with Crippen molar-refractivity contribution in [3.8, 4) is 0 Å². The molecule has 0 radical (unpaired) electrons. The first-order valence-electron chi connectivity index (χ1n) is 6.50. The summed E-state index contributed by atoms with van der Waals surface area (Å²) in [7, 11) is 0. The van der Waals surface area contributed by atoms with Crippen LogP contribution in [-0.4, -0.2) is 6.41 Å². The molecule has 0 unspecified atom stereocenters. The topological polar surface area (TPSA) is 29.1 Å². The Hall–Kier alpha value is -1.66. The summed E-state index contributed by atoms with van der Waals surface area (Å²) in [5.74, 6) is -2.41. The summed E-state index contributed by atoms with van der Waals surface area (Å²) in [6.45, 7) is 1.97. The predicted octanol–water partition coefficient (Wildman–Crippen LogP) is 3.82. The molecular weight excluding hydrogens is 293 g/mol. The number of carbonyl (C=O) groups excluding carboxylic acids is 1. The van der Waals surface area contributed by atoms with Gasteiger partial charge in [-0.05, 0) is 36.8 Å². The van der Waals surface area contributed by atoms with Gasteiger partial charge >= 0.3 is 6.18 Å². The molecule has 1 amide bonds. The van der Waals surface area contributed by atoms with Gasteiger partial charge < -0.3 is 5.32 Å². The molecule has 0 saturated heterocycles. The van der Waals surface area contributed by atoms with Crippen LogP contribution in [0.3, 0.4) is 0 Å². The number of benzene rings is 1. The Balaban J connectivity index is 2.37. The summed E-state index contributed by atoms with van der Waals surface area (Å²) < 4.78 is 65.1. The van der Waals surface area contributed by atoms with Crippen LogP contribution in [0.4, 0.5) is 22.0 Å². The molecule has 2 nitrogen and oxygen atoms in total. The summed E-state index contributed by atoms with van der Waals surface area (Å²) in [5, 5.41) is 2.38. The van der Waals surface area contributed by atoms with E-state index in [2.05, 4.69) is 5.32 Å². The molecule has 0 aromatic heterocycles. The average molecular weight is 307 g/mol. The van der Waals surface area contributed by atoms with Crippen LogP contribution in [0.1, 0.15) is 36.9 Å². The Morgan fingerprint density at radius 2 is 1.86 bits per heavy atom. The highest BCUT2D eigenvalue weighted by Crippen LogP contribution is 2.43. The Kier molecular flexibility index (Phi) is 4.20. The van der Waals surface area contributed by atoms with Gasteiger partial charge in [-0.3, -0.25) is 4.79 Å². The molecule has 1 aliphatic carbocycles. The van der Waals surface area contributed by atoms with E-state index in [1.807, 2.05) is 6.92 Å². The lowest BCUT2D eigenvalue weighted by molar-refractivity contribution is -0.140. The number of alkyl halides is 3. The number of amides is 1. The molecular formula is C14H14F5NO. The van der Waals surface area contributed by atoms with Crippen LogP contribution >= 0.6 is 0 Å². The van der Waals surface area contributed by atoms with Crippen molar-refractivity contribution in [3.63, 3.8) is 0 Å². The van der Waals surface area contributed by atoms with Gasteiger partial charge in [-0.15, -0.1) is 0 Å². The van der Waals surface area contributed by atoms with Crippen molar-refractivity contribution in [2.45, 2.75) is 32.0 Å². The molecule has 1 aliphatic rings. The Bertz CT molecular complexity index is 537. The Morgan fingerprint density at radius 1 is 1.24 bits per heavy atom. The van der Waals surface area contributed by atoms with Gasteiger partial charge in [0.1, 0.15) is 11.6 Å². The van der Waals surface area contributed by atoms with E-state index in [4.69, 9.17) is 0 Å². The van der Waals surface area contributed by atoms with Gasteiger partial charge in [0.2, 0.25) is 6.41 Å². The fourth-order valence-electron chi connectivity index (χ4n) is 2.81. The molecule has 1 fully saturated rings. The van der Waals surface area contributed by atoms with Gasteiger partial charge in [-0.2, -0.15) is 13.2 Å². The minimum atomic E-state index is -4.96. The second-order valence-electron chi connectivity index (χ2n) is 5.45. The van der Waals surface area contributed by atoms with Crippen LogP contribution < -0.4 is 5.32 Å². The first-order valence-corrected chi connectivity index (χ1v) is 6.50. The second-order valence-corrected chi connectivity index (χ2v) is 5.45. The summed E-state index contributed by atoms with van der Waals surface area (Å²) >= 11 is 0. The van der Waals surface area contributed by atoms with E-state index in [-0.39, 0.29) is 17.5 Å². The van der Waals surface area contributed by atoms with Crippen molar-refractivity contribution in [1.82, 2.24) is 5.32 Å². The molecule has 1 aromatic carbocycles. The number of hydrogen-bond acceptors (Lipinski definition) is 1. The van der Waals surface area contributed by atoms with Gasteiger partial charge in [0.05, 0.1) is 11.6 Å². The SMILES string of the molecule is CC1CC([C@@H](NC=O)c2cc(F)c(C(F)(F)F)cc2F)C1. The highest BCUT2D eigenvalue weighted by Gasteiger charge is 2.38. The number of rotatable bonds is 4. The van der Waals surface area contributed by atoms with E-state index >= 15 is 0 Å². The van der Waals surface area contributed by atoms with Crippen LogP contribution in [0.25, 0.3) is 0 Å². The Morgan fingerprint density at radius 3 is 2.33 bits per heavy atom. The van der Waals surface area contributed by atoms with Crippen molar-refractivity contribution < 1.29 is 26.7 Å². The monoisotopic (exact) mass is 307 g/mol. The summed E-state index contributed by atoms with van der Waals surface area (Å²) in [6.07, 6.45) is -3.20. The van der Waals surface area contributed by atoms with Crippen molar-refractivity contribution in [1.29, 1.82) is 0 Å². The maximum Gasteiger partial charge on any atom is 0.419 e. The third-order valence-corrected chi connectivity index (χ3v) is 3.86. The van der Waals surface area contributed by atoms with Gasteiger partial charge in [0.15, 0.2) is 0 Å². The van der Waals surface area contributed by atoms with E-state index in [1.165, 1.54) is 0 Å². The standard InChI is InChI=1S/C14H14F5NO/c1-7-2-8(3-7)13(20-6-21)9-4-12(16)10(5-11(9)15)14(17,18)19/h4-8,13H,2-3H2,1H3,(H,20,21)/t7?,8?,13-/m1/s1. The third-order valence-electron chi connectivity index (χ3n) is 3.86. The molecule has 1 N–H and O–H groups in total. The largest absolute Gasteiger partial charge is 0.419 e. The summed E-state index contributed by atoms with van der Waals surface area (Å²) in [6, 6.07) is -0.135.